The first kappa shape index (κ1) is 49.2. The zero-order valence-electron chi connectivity index (χ0n) is 35.5. The number of rotatable bonds is 22. The SMILES string of the molecule is O=C(CCC(=O)c1ccc(S(=O)(=O)c2ccc(O)cc2)cc1)CCC(=O)c1ccc(S(=O)(=O)c2ccc(C(=O)CCC(=O)CCC(=O)c3ccc(S(=O)(=O)c4ccc(O)cc4)cc3)cc2)cc1. The molecule has 0 bridgehead atoms. The summed E-state index contributed by atoms with van der Waals surface area (Å²) >= 11 is 0. The van der Waals surface area contributed by atoms with E-state index in [9.17, 15) is 64.2 Å². The molecule has 6 aromatic rings. The van der Waals surface area contributed by atoms with Crippen molar-refractivity contribution in [3.63, 3.8) is 0 Å². The zero-order valence-corrected chi connectivity index (χ0v) is 38.0. The van der Waals surface area contributed by atoms with Crippen LogP contribution in [0, 0.1) is 0 Å². The van der Waals surface area contributed by atoms with Gasteiger partial charge in [-0.3, -0.25) is 28.8 Å². The van der Waals surface area contributed by atoms with Gasteiger partial charge in [0.25, 0.3) is 0 Å². The summed E-state index contributed by atoms with van der Waals surface area (Å²) in [6, 6.07) is 30.8. The molecule has 0 amide bonds. The Morgan fingerprint density at radius 2 is 0.433 bits per heavy atom. The summed E-state index contributed by atoms with van der Waals surface area (Å²) in [6.07, 6.45) is -1.31. The maximum absolute atomic E-state index is 13.4. The van der Waals surface area contributed by atoms with Crippen LogP contribution in [0.3, 0.4) is 0 Å². The Balaban J connectivity index is 0.921. The number of carbonyl (C=O) groups excluding carboxylic acids is 6. The molecule has 0 fully saturated rings. The highest BCUT2D eigenvalue weighted by Gasteiger charge is 2.22. The van der Waals surface area contributed by atoms with Crippen molar-refractivity contribution in [3.8, 4) is 11.5 Å². The van der Waals surface area contributed by atoms with Gasteiger partial charge in [-0.15, -0.1) is 0 Å². The van der Waals surface area contributed by atoms with Gasteiger partial charge >= 0.3 is 0 Å². The number of phenols is 2. The molecule has 0 unspecified atom stereocenters. The Bertz CT molecular complexity index is 2970. The molecule has 0 saturated heterocycles. The topological polar surface area (TPSA) is 245 Å². The number of ketones is 6. The van der Waals surface area contributed by atoms with Gasteiger partial charge in [-0.1, -0.05) is 48.5 Å². The summed E-state index contributed by atoms with van der Waals surface area (Å²) < 4.78 is 78.1. The van der Waals surface area contributed by atoms with Gasteiger partial charge in [0.05, 0.1) is 29.4 Å². The van der Waals surface area contributed by atoms with Crippen LogP contribution in [0.2, 0.25) is 0 Å². The third-order valence-corrected chi connectivity index (χ3v) is 16.1. The van der Waals surface area contributed by atoms with E-state index in [1.54, 1.807) is 0 Å². The van der Waals surface area contributed by atoms with Crippen molar-refractivity contribution in [2.24, 2.45) is 0 Å². The van der Waals surface area contributed by atoms with Gasteiger partial charge in [0.15, 0.2) is 23.1 Å². The summed E-state index contributed by atoms with van der Waals surface area (Å²) in [7, 11) is -11.8. The Morgan fingerprint density at radius 1 is 0.269 bits per heavy atom. The van der Waals surface area contributed by atoms with Crippen molar-refractivity contribution >= 4 is 64.2 Å². The summed E-state index contributed by atoms with van der Waals surface area (Å²) in [6.45, 7) is 0. The summed E-state index contributed by atoms with van der Waals surface area (Å²) in [4.78, 5) is 75.9. The molecule has 0 spiro atoms. The van der Waals surface area contributed by atoms with Crippen LogP contribution in [-0.2, 0) is 39.1 Å². The van der Waals surface area contributed by atoms with Crippen molar-refractivity contribution in [1.29, 1.82) is 0 Å². The minimum atomic E-state index is -4.07. The first-order valence-electron chi connectivity index (χ1n) is 20.7. The first-order valence-corrected chi connectivity index (χ1v) is 25.1. The normalized spacial score (nSPS) is 11.7. The number of Topliss-reactive ketones (excluding diaryl/α,β-unsaturated/α-hetero) is 6. The van der Waals surface area contributed by atoms with E-state index in [4.69, 9.17) is 0 Å². The van der Waals surface area contributed by atoms with E-state index in [1.807, 2.05) is 0 Å². The maximum atomic E-state index is 13.4. The third-order valence-electron chi connectivity index (χ3n) is 10.8. The lowest BCUT2D eigenvalue weighted by molar-refractivity contribution is -0.119. The zero-order chi connectivity index (χ0) is 48.5. The van der Waals surface area contributed by atoms with Gasteiger partial charge in [0, 0.05) is 73.6 Å². The molecule has 14 nitrogen and oxygen atoms in total. The molecule has 67 heavy (non-hydrogen) atoms. The molecule has 6 rings (SSSR count). The van der Waals surface area contributed by atoms with E-state index < -0.39 is 52.6 Å². The largest absolute Gasteiger partial charge is 0.508 e. The predicted octanol–water partition coefficient (Wildman–Crippen LogP) is 7.99. The average Bonchev–Trinajstić information content (AvgIpc) is 3.33. The van der Waals surface area contributed by atoms with Crippen LogP contribution in [0.5, 0.6) is 11.5 Å². The van der Waals surface area contributed by atoms with E-state index in [-0.39, 0.29) is 126 Å². The monoisotopic (exact) mass is 962 g/mol. The first-order chi connectivity index (χ1) is 31.7. The molecular formula is C50H42O14S3. The molecule has 6 aromatic carbocycles. The lowest BCUT2D eigenvalue weighted by Gasteiger charge is -2.08. The van der Waals surface area contributed by atoms with Gasteiger partial charge in [-0.2, -0.15) is 0 Å². The Labute approximate surface area is 386 Å². The van der Waals surface area contributed by atoms with E-state index in [2.05, 4.69) is 0 Å². The van der Waals surface area contributed by atoms with Crippen molar-refractivity contribution in [2.45, 2.75) is 80.7 Å². The highest BCUT2D eigenvalue weighted by Crippen LogP contribution is 2.26. The molecule has 0 aliphatic heterocycles. The van der Waals surface area contributed by atoms with Gasteiger partial charge < -0.3 is 10.2 Å². The van der Waals surface area contributed by atoms with Crippen LogP contribution in [0.4, 0.5) is 0 Å². The van der Waals surface area contributed by atoms with Gasteiger partial charge in [0.2, 0.25) is 29.5 Å². The second-order valence-electron chi connectivity index (χ2n) is 15.4. The van der Waals surface area contributed by atoms with Crippen molar-refractivity contribution in [2.75, 3.05) is 0 Å². The third kappa shape index (κ3) is 12.2. The lowest BCUT2D eigenvalue weighted by atomic mass is 10.0. The molecule has 0 radical (unpaired) electrons. The van der Waals surface area contributed by atoms with Crippen LogP contribution >= 0.6 is 0 Å². The fourth-order valence-electron chi connectivity index (χ4n) is 6.78. The van der Waals surface area contributed by atoms with E-state index in [0.717, 1.165) is 0 Å². The van der Waals surface area contributed by atoms with E-state index in [0.29, 0.717) is 0 Å². The second kappa shape index (κ2) is 21.0. The molecule has 344 valence electrons. The minimum absolute atomic E-state index is 0.0316. The molecular weight excluding hydrogens is 921 g/mol. The molecule has 0 aliphatic carbocycles. The molecule has 0 saturated carbocycles. The van der Waals surface area contributed by atoms with Crippen molar-refractivity contribution in [1.82, 2.24) is 0 Å². The van der Waals surface area contributed by atoms with Crippen molar-refractivity contribution < 1.29 is 64.2 Å². The molecule has 0 aliphatic rings. The number of hydrogen-bond donors (Lipinski definition) is 2. The number of sulfone groups is 3. The predicted molar refractivity (Wildman–Crippen MR) is 243 cm³/mol. The fraction of sp³-hybridized carbons (Fsp3) is 0.160. The molecule has 17 heteroatoms. The number of carbonyl (C=O) groups is 6. The van der Waals surface area contributed by atoms with Crippen LogP contribution < -0.4 is 0 Å². The Kier molecular flexibility index (Phi) is 15.4. The van der Waals surface area contributed by atoms with Crippen LogP contribution in [0.15, 0.2) is 175 Å². The van der Waals surface area contributed by atoms with Crippen molar-refractivity contribution in [3.05, 3.63) is 168 Å². The average molecular weight is 963 g/mol. The molecule has 0 atom stereocenters. The van der Waals surface area contributed by atoms with Gasteiger partial charge in [-0.25, -0.2) is 25.3 Å². The smallest absolute Gasteiger partial charge is 0.206 e. The molecule has 0 aromatic heterocycles. The Hall–Kier alpha value is -7.21. The van der Waals surface area contributed by atoms with E-state index >= 15 is 0 Å². The number of phenolic OH excluding ortho intramolecular Hbond substituents is 2. The summed E-state index contributed by atoms with van der Waals surface area (Å²) in [5.74, 6) is -2.50. The Morgan fingerprint density at radius 3 is 0.612 bits per heavy atom. The van der Waals surface area contributed by atoms with Gasteiger partial charge in [0.1, 0.15) is 23.1 Å². The number of benzene rings is 6. The van der Waals surface area contributed by atoms with Crippen LogP contribution in [0.25, 0.3) is 0 Å². The number of aromatic hydroxyl groups is 2. The minimum Gasteiger partial charge on any atom is -0.508 e. The highest BCUT2D eigenvalue weighted by atomic mass is 32.2. The molecule has 2 N–H and O–H groups in total. The molecule has 0 heterocycles. The fourth-order valence-corrected chi connectivity index (χ4v) is 10.6. The van der Waals surface area contributed by atoms with Crippen LogP contribution in [0.1, 0.15) is 92.8 Å². The highest BCUT2D eigenvalue weighted by molar-refractivity contribution is 7.92. The maximum Gasteiger partial charge on any atom is 0.206 e. The number of hydrogen-bond acceptors (Lipinski definition) is 14. The summed E-state index contributed by atoms with van der Waals surface area (Å²) in [5, 5.41) is 18.9. The second-order valence-corrected chi connectivity index (χ2v) is 21.2. The quantitative estimate of drug-likeness (QED) is 0.0613. The van der Waals surface area contributed by atoms with Crippen LogP contribution in [-0.4, -0.2) is 70.2 Å². The lowest BCUT2D eigenvalue weighted by Crippen LogP contribution is -2.09. The summed E-state index contributed by atoms with van der Waals surface area (Å²) in [5.41, 5.74) is 0.741. The van der Waals surface area contributed by atoms with Gasteiger partial charge in [-0.05, 0) is 97.1 Å². The van der Waals surface area contributed by atoms with E-state index in [1.165, 1.54) is 146 Å². The standard InChI is InChI=1S/C50H42O14S3/c51-37-9-25-45(26-10-37)66(61,62)43-21-5-35(6-22-43)49(57)31-15-39(53)13-29-47(55)33-1-17-41(18-2-33)65(59,60)42-19-3-34(4-20-42)48(56)30-14-40(54)16-32-50(58)36-7-23-44(24-8-36)67(63,64)46-27-11-38(52)12-28-46/h1-12,17-28,51-52H,13-16,29-32H2.